The van der Waals surface area contributed by atoms with E-state index in [1.54, 1.807) is 42.7 Å². The average molecular weight is 414 g/mol. The number of likely N-dealkylation sites (N-methyl/N-ethyl adjacent to an activating group) is 1. The van der Waals surface area contributed by atoms with E-state index in [0.717, 1.165) is 16.7 Å². The number of fused-ring (bicyclic) bond motifs is 1. The molecule has 1 aromatic heterocycles. The first-order valence-electron chi connectivity index (χ1n) is 9.97. The molecule has 4 rings (SSSR count). The van der Waals surface area contributed by atoms with E-state index in [1.165, 1.54) is 0 Å². The van der Waals surface area contributed by atoms with Gasteiger partial charge in [0.2, 0.25) is 0 Å². The van der Waals surface area contributed by atoms with Gasteiger partial charge in [0.05, 0.1) is 11.0 Å². The number of hydrogen-bond donors (Lipinski definition) is 2. The Morgan fingerprint density at radius 3 is 2.45 bits per heavy atom. The molecule has 2 N–H and O–H groups in total. The third kappa shape index (κ3) is 4.72. The molecule has 0 radical (unpaired) electrons. The summed E-state index contributed by atoms with van der Waals surface area (Å²) >= 11 is 0. The van der Waals surface area contributed by atoms with Gasteiger partial charge in [0.15, 0.2) is 6.61 Å². The van der Waals surface area contributed by atoms with Crippen molar-refractivity contribution in [2.24, 2.45) is 0 Å². The van der Waals surface area contributed by atoms with Crippen molar-refractivity contribution < 1.29 is 14.3 Å². The fourth-order valence-electron chi connectivity index (χ4n) is 3.17. The lowest BCUT2D eigenvalue weighted by Crippen LogP contribution is -2.28. The Labute approximate surface area is 179 Å². The van der Waals surface area contributed by atoms with E-state index in [4.69, 9.17) is 4.74 Å². The van der Waals surface area contributed by atoms with Crippen LogP contribution in [-0.2, 0) is 4.79 Å². The Balaban J connectivity index is 1.39. The Morgan fingerprint density at radius 1 is 0.968 bits per heavy atom. The number of para-hydroxylation sites is 2. The van der Waals surface area contributed by atoms with E-state index in [1.807, 2.05) is 47.9 Å². The fraction of sp³-hybridized carbons (Fsp3) is 0.125. The number of hydrogen-bond acceptors (Lipinski definition) is 4. The molecule has 0 atom stereocenters. The number of nitrogens with zero attached hydrogens (tertiary/aromatic N) is 2. The predicted molar refractivity (Wildman–Crippen MR) is 120 cm³/mol. The molecule has 7 nitrogen and oxygen atoms in total. The van der Waals surface area contributed by atoms with Crippen molar-refractivity contribution in [1.29, 1.82) is 0 Å². The van der Waals surface area contributed by atoms with E-state index >= 15 is 0 Å². The number of aromatic nitrogens is 2. The molecule has 3 aromatic carbocycles. The molecule has 31 heavy (non-hydrogen) atoms. The Hall–Kier alpha value is -4.13. The number of imidazole rings is 1. The van der Waals surface area contributed by atoms with Crippen LogP contribution in [0.15, 0.2) is 79.1 Å². The molecule has 0 aliphatic carbocycles. The summed E-state index contributed by atoms with van der Waals surface area (Å²) in [6.07, 6.45) is 1.77. The minimum atomic E-state index is -0.210. The van der Waals surface area contributed by atoms with Crippen LogP contribution in [0.4, 0.5) is 5.69 Å². The first-order valence-corrected chi connectivity index (χ1v) is 9.97. The van der Waals surface area contributed by atoms with Crippen LogP contribution in [0.5, 0.6) is 5.75 Å². The van der Waals surface area contributed by atoms with Gasteiger partial charge in [0.25, 0.3) is 11.8 Å². The van der Waals surface area contributed by atoms with Crippen LogP contribution in [-0.4, -0.2) is 34.5 Å². The summed E-state index contributed by atoms with van der Waals surface area (Å²) in [6, 6.07) is 22.1. The standard InChI is InChI=1S/C24H22N4O3/c1-2-25-23(29)15-31-20-13-9-18(10-14-20)27-24(30)17-7-11-19(12-8-17)28-16-26-21-5-3-4-6-22(21)28/h3-14,16H,2,15H2,1H3,(H,25,29)(H,27,30). The summed E-state index contributed by atoms with van der Waals surface area (Å²) in [5.41, 5.74) is 4.04. The Kier molecular flexibility index (Phi) is 5.93. The van der Waals surface area contributed by atoms with Gasteiger partial charge in [-0.15, -0.1) is 0 Å². The zero-order valence-electron chi connectivity index (χ0n) is 17.0. The second-order valence-corrected chi connectivity index (χ2v) is 6.87. The maximum atomic E-state index is 12.6. The zero-order chi connectivity index (χ0) is 21.6. The zero-order valence-corrected chi connectivity index (χ0v) is 17.0. The van der Waals surface area contributed by atoms with Crippen molar-refractivity contribution >= 4 is 28.5 Å². The summed E-state index contributed by atoms with van der Waals surface area (Å²) in [4.78, 5) is 28.4. The van der Waals surface area contributed by atoms with Crippen molar-refractivity contribution in [1.82, 2.24) is 14.9 Å². The molecule has 0 aliphatic rings. The maximum Gasteiger partial charge on any atom is 0.257 e. The van der Waals surface area contributed by atoms with Gasteiger partial charge in [0, 0.05) is 23.5 Å². The van der Waals surface area contributed by atoms with Crippen molar-refractivity contribution in [2.75, 3.05) is 18.5 Å². The van der Waals surface area contributed by atoms with E-state index in [2.05, 4.69) is 15.6 Å². The molecule has 0 fully saturated rings. The number of anilines is 1. The van der Waals surface area contributed by atoms with Gasteiger partial charge in [0.1, 0.15) is 12.1 Å². The van der Waals surface area contributed by atoms with Gasteiger partial charge in [-0.1, -0.05) is 12.1 Å². The summed E-state index contributed by atoms with van der Waals surface area (Å²) in [7, 11) is 0. The van der Waals surface area contributed by atoms with Crippen LogP contribution >= 0.6 is 0 Å². The number of rotatable bonds is 7. The molecule has 156 valence electrons. The number of ether oxygens (including phenoxy) is 1. The normalized spacial score (nSPS) is 10.6. The van der Waals surface area contributed by atoms with Crippen LogP contribution in [0.3, 0.4) is 0 Å². The largest absolute Gasteiger partial charge is 0.484 e. The molecule has 2 amide bonds. The lowest BCUT2D eigenvalue weighted by Gasteiger charge is -2.09. The van der Waals surface area contributed by atoms with Crippen molar-refractivity contribution in [3.05, 3.63) is 84.7 Å². The third-order valence-electron chi connectivity index (χ3n) is 4.72. The summed E-state index contributed by atoms with van der Waals surface area (Å²) in [6.45, 7) is 2.37. The predicted octanol–water partition coefficient (Wildman–Crippen LogP) is 3.79. The fourth-order valence-corrected chi connectivity index (χ4v) is 3.17. The van der Waals surface area contributed by atoms with Gasteiger partial charge >= 0.3 is 0 Å². The Bertz CT molecular complexity index is 1200. The molecule has 0 aliphatic heterocycles. The highest BCUT2D eigenvalue weighted by molar-refractivity contribution is 6.04. The third-order valence-corrected chi connectivity index (χ3v) is 4.72. The molecule has 7 heteroatoms. The smallest absolute Gasteiger partial charge is 0.257 e. The second-order valence-electron chi connectivity index (χ2n) is 6.87. The summed E-state index contributed by atoms with van der Waals surface area (Å²) in [5.74, 6) is 0.172. The maximum absolute atomic E-state index is 12.6. The quantitative estimate of drug-likeness (QED) is 0.482. The molecular weight excluding hydrogens is 392 g/mol. The number of carbonyl (C=O) groups excluding carboxylic acids is 2. The van der Waals surface area contributed by atoms with Gasteiger partial charge in [-0.25, -0.2) is 4.98 Å². The molecule has 1 heterocycles. The highest BCUT2D eigenvalue weighted by Crippen LogP contribution is 2.20. The average Bonchev–Trinajstić information content (AvgIpc) is 3.23. The highest BCUT2D eigenvalue weighted by Gasteiger charge is 2.09. The summed E-state index contributed by atoms with van der Waals surface area (Å²) in [5, 5.41) is 5.53. The van der Waals surface area contributed by atoms with Crippen LogP contribution in [0.2, 0.25) is 0 Å². The molecule has 0 saturated heterocycles. The van der Waals surface area contributed by atoms with Crippen molar-refractivity contribution in [2.45, 2.75) is 6.92 Å². The van der Waals surface area contributed by atoms with Crippen LogP contribution in [0, 0.1) is 0 Å². The minimum absolute atomic E-state index is 0.0436. The van der Waals surface area contributed by atoms with Gasteiger partial charge in [-0.3, -0.25) is 14.2 Å². The monoisotopic (exact) mass is 414 g/mol. The summed E-state index contributed by atoms with van der Waals surface area (Å²) < 4.78 is 7.39. The molecule has 0 bridgehead atoms. The number of benzene rings is 3. The molecule has 4 aromatic rings. The van der Waals surface area contributed by atoms with Gasteiger partial charge in [-0.2, -0.15) is 0 Å². The van der Waals surface area contributed by atoms with Crippen LogP contribution in [0.25, 0.3) is 16.7 Å². The van der Waals surface area contributed by atoms with E-state index in [-0.39, 0.29) is 18.4 Å². The second kappa shape index (κ2) is 9.13. The molecule has 0 spiro atoms. The lowest BCUT2D eigenvalue weighted by molar-refractivity contribution is -0.122. The Morgan fingerprint density at radius 2 is 1.71 bits per heavy atom. The number of carbonyl (C=O) groups is 2. The number of amides is 2. The van der Waals surface area contributed by atoms with Crippen molar-refractivity contribution in [3.63, 3.8) is 0 Å². The van der Waals surface area contributed by atoms with Crippen LogP contribution < -0.4 is 15.4 Å². The molecule has 0 unspecified atom stereocenters. The minimum Gasteiger partial charge on any atom is -0.484 e. The van der Waals surface area contributed by atoms with E-state index in [9.17, 15) is 9.59 Å². The SMILES string of the molecule is CCNC(=O)COc1ccc(NC(=O)c2ccc(-n3cnc4ccccc43)cc2)cc1. The van der Waals surface area contributed by atoms with Crippen molar-refractivity contribution in [3.8, 4) is 11.4 Å². The van der Waals surface area contributed by atoms with Gasteiger partial charge in [-0.05, 0) is 67.6 Å². The first kappa shape index (κ1) is 20.2. The molecule has 0 saturated carbocycles. The number of nitrogens with one attached hydrogen (secondary N) is 2. The van der Waals surface area contributed by atoms with E-state index < -0.39 is 0 Å². The van der Waals surface area contributed by atoms with E-state index in [0.29, 0.717) is 23.5 Å². The first-order chi connectivity index (χ1) is 15.1. The molecular formula is C24H22N4O3. The van der Waals surface area contributed by atoms with Gasteiger partial charge < -0.3 is 15.4 Å². The highest BCUT2D eigenvalue weighted by atomic mass is 16.5. The van der Waals surface area contributed by atoms with Crippen LogP contribution in [0.1, 0.15) is 17.3 Å². The topological polar surface area (TPSA) is 85.3 Å². The lowest BCUT2D eigenvalue weighted by atomic mass is 10.2.